The minimum atomic E-state index is -0.432. The van der Waals surface area contributed by atoms with Gasteiger partial charge in [-0.1, -0.05) is 19.9 Å². The van der Waals surface area contributed by atoms with Crippen molar-refractivity contribution in [2.24, 2.45) is 0 Å². The maximum atomic E-state index is 13.2. The zero-order chi connectivity index (χ0) is 18.2. The smallest absolute Gasteiger partial charge is 0.272 e. The number of halogens is 1. The Hall–Kier alpha value is -2.76. The molecule has 0 fully saturated rings. The summed E-state index contributed by atoms with van der Waals surface area (Å²) in [6.45, 7) is 5.31. The van der Waals surface area contributed by atoms with E-state index in [4.69, 9.17) is 0 Å². The molecule has 1 aromatic heterocycles. The molecule has 0 aliphatic heterocycles. The Morgan fingerprint density at radius 2 is 1.84 bits per heavy atom. The fourth-order valence-corrected chi connectivity index (χ4v) is 2.47. The highest BCUT2D eigenvalue weighted by atomic mass is 19.1. The van der Waals surface area contributed by atoms with Gasteiger partial charge in [-0.15, -0.1) is 0 Å². The Morgan fingerprint density at radius 1 is 1.12 bits per heavy atom. The summed E-state index contributed by atoms with van der Waals surface area (Å²) in [6, 6.07) is 8.63. The lowest BCUT2D eigenvalue weighted by Crippen LogP contribution is -2.33. The summed E-state index contributed by atoms with van der Waals surface area (Å²) in [5.41, 5.74) is 0.887. The van der Waals surface area contributed by atoms with E-state index in [0.29, 0.717) is 24.3 Å². The van der Waals surface area contributed by atoms with Crippen molar-refractivity contribution in [1.82, 2.24) is 9.88 Å². The largest absolute Gasteiger partial charge is 0.337 e. The Labute approximate surface area is 146 Å². The minimum Gasteiger partial charge on any atom is -0.337 e. The maximum absolute atomic E-state index is 13.2. The summed E-state index contributed by atoms with van der Waals surface area (Å²) in [7, 11) is 0. The molecule has 0 saturated heterocycles. The van der Waals surface area contributed by atoms with E-state index in [0.717, 1.165) is 12.8 Å². The van der Waals surface area contributed by atoms with Gasteiger partial charge in [-0.2, -0.15) is 0 Å². The van der Waals surface area contributed by atoms with Gasteiger partial charge in [-0.3, -0.25) is 14.6 Å². The second-order valence-corrected chi connectivity index (χ2v) is 5.69. The first kappa shape index (κ1) is 18.6. The zero-order valence-electron chi connectivity index (χ0n) is 14.5. The number of hydrogen-bond donors (Lipinski definition) is 1. The van der Waals surface area contributed by atoms with E-state index in [-0.39, 0.29) is 11.6 Å². The number of benzene rings is 1. The van der Waals surface area contributed by atoms with E-state index in [2.05, 4.69) is 10.3 Å². The molecule has 0 unspecified atom stereocenters. The van der Waals surface area contributed by atoms with Crippen molar-refractivity contribution in [2.75, 3.05) is 18.4 Å². The van der Waals surface area contributed by atoms with Crippen molar-refractivity contribution in [1.29, 1.82) is 0 Å². The standard InChI is InChI=1S/C19H22FN3O2/c1-3-10-23(11-4-2)19(25)17-12-14(8-9-21-17)18(24)22-16-7-5-6-15(20)13-16/h5-9,12-13H,3-4,10-11H2,1-2H3,(H,22,24). The van der Waals surface area contributed by atoms with E-state index >= 15 is 0 Å². The van der Waals surface area contributed by atoms with Crippen LogP contribution in [0.25, 0.3) is 0 Å². The molecule has 0 saturated carbocycles. The number of anilines is 1. The molecule has 2 aromatic rings. The van der Waals surface area contributed by atoms with Crippen molar-refractivity contribution in [3.8, 4) is 0 Å². The average molecular weight is 343 g/mol. The minimum absolute atomic E-state index is 0.191. The predicted octanol–water partition coefficient (Wildman–Crippen LogP) is 3.74. The van der Waals surface area contributed by atoms with Crippen LogP contribution in [0.1, 0.15) is 47.5 Å². The van der Waals surface area contributed by atoms with Crippen molar-refractivity contribution >= 4 is 17.5 Å². The lowest BCUT2D eigenvalue weighted by molar-refractivity contribution is 0.0749. The number of rotatable bonds is 7. The maximum Gasteiger partial charge on any atom is 0.272 e. The van der Waals surface area contributed by atoms with Gasteiger partial charge in [0, 0.05) is 30.5 Å². The number of nitrogens with one attached hydrogen (secondary N) is 1. The fourth-order valence-electron chi connectivity index (χ4n) is 2.47. The topological polar surface area (TPSA) is 62.3 Å². The van der Waals surface area contributed by atoms with Crippen LogP contribution in [0.5, 0.6) is 0 Å². The Balaban J connectivity index is 2.16. The highest BCUT2D eigenvalue weighted by Crippen LogP contribution is 2.12. The fraction of sp³-hybridized carbons (Fsp3) is 0.316. The van der Waals surface area contributed by atoms with Crippen LogP contribution in [0.15, 0.2) is 42.6 Å². The number of pyridine rings is 1. The third kappa shape index (κ3) is 5.11. The molecule has 0 aliphatic carbocycles. The zero-order valence-corrected chi connectivity index (χ0v) is 14.5. The first-order valence-corrected chi connectivity index (χ1v) is 8.37. The van der Waals surface area contributed by atoms with E-state index < -0.39 is 11.7 Å². The average Bonchev–Trinajstić information content (AvgIpc) is 2.61. The van der Waals surface area contributed by atoms with E-state index in [1.54, 1.807) is 11.0 Å². The molecule has 0 radical (unpaired) electrons. The van der Waals surface area contributed by atoms with E-state index in [1.165, 1.54) is 36.5 Å². The van der Waals surface area contributed by atoms with Crippen LogP contribution < -0.4 is 5.32 Å². The number of aromatic nitrogens is 1. The van der Waals surface area contributed by atoms with Gasteiger partial charge in [0.25, 0.3) is 11.8 Å². The number of carbonyl (C=O) groups excluding carboxylic acids is 2. The molecule has 6 heteroatoms. The van der Waals surface area contributed by atoms with Gasteiger partial charge < -0.3 is 10.2 Å². The van der Waals surface area contributed by atoms with Gasteiger partial charge in [-0.25, -0.2) is 4.39 Å². The Morgan fingerprint density at radius 3 is 2.48 bits per heavy atom. The Bertz CT molecular complexity index is 743. The van der Waals surface area contributed by atoms with Gasteiger partial charge in [0.1, 0.15) is 11.5 Å². The number of carbonyl (C=O) groups is 2. The molecule has 1 heterocycles. The molecular formula is C19H22FN3O2. The van der Waals surface area contributed by atoms with Gasteiger partial charge in [0.2, 0.25) is 0 Å². The number of nitrogens with zero attached hydrogens (tertiary/aromatic N) is 2. The van der Waals surface area contributed by atoms with Crippen LogP contribution in [0.2, 0.25) is 0 Å². The second-order valence-electron chi connectivity index (χ2n) is 5.69. The Kier molecular flexibility index (Phi) is 6.62. The normalized spacial score (nSPS) is 10.4. The molecule has 132 valence electrons. The SMILES string of the molecule is CCCN(CCC)C(=O)c1cc(C(=O)Nc2cccc(F)c2)ccn1. The first-order valence-electron chi connectivity index (χ1n) is 8.37. The van der Waals surface area contributed by atoms with Gasteiger partial charge in [0.05, 0.1) is 0 Å². The quantitative estimate of drug-likeness (QED) is 0.833. The number of hydrogen-bond acceptors (Lipinski definition) is 3. The molecule has 5 nitrogen and oxygen atoms in total. The van der Waals surface area contributed by atoms with E-state index in [1.807, 2.05) is 13.8 Å². The molecule has 2 amide bonds. The molecule has 2 rings (SSSR count). The molecule has 0 atom stereocenters. The second kappa shape index (κ2) is 8.92. The third-order valence-corrected chi connectivity index (χ3v) is 3.60. The van der Waals surface area contributed by atoms with Gasteiger partial charge in [0.15, 0.2) is 0 Å². The van der Waals surface area contributed by atoms with Crippen molar-refractivity contribution in [2.45, 2.75) is 26.7 Å². The van der Waals surface area contributed by atoms with Crippen molar-refractivity contribution in [3.63, 3.8) is 0 Å². The molecule has 25 heavy (non-hydrogen) atoms. The molecule has 0 aliphatic rings. The molecule has 1 N–H and O–H groups in total. The summed E-state index contributed by atoms with van der Waals surface area (Å²) in [6.07, 6.45) is 3.14. The van der Waals surface area contributed by atoms with Crippen molar-refractivity contribution < 1.29 is 14.0 Å². The third-order valence-electron chi connectivity index (χ3n) is 3.60. The molecule has 0 bridgehead atoms. The van der Waals surface area contributed by atoms with Crippen LogP contribution >= 0.6 is 0 Å². The van der Waals surface area contributed by atoms with Crippen LogP contribution in [0, 0.1) is 5.82 Å². The van der Waals surface area contributed by atoms with E-state index in [9.17, 15) is 14.0 Å². The highest BCUT2D eigenvalue weighted by Gasteiger charge is 2.17. The highest BCUT2D eigenvalue weighted by molar-refractivity contribution is 6.05. The molecule has 1 aromatic carbocycles. The first-order chi connectivity index (χ1) is 12.0. The van der Waals surface area contributed by atoms with Gasteiger partial charge in [-0.05, 0) is 43.2 Å². The predicted molar refractivity (Wildman–Crippen MR) is 95.1 cm³/mol. The van der Waals surface area contributed by atoms with Gasteiger partial charge >= 0.3 is 0 Å². The molecule has 0 spiro atoms. The van der Waals surface area contributed by atoms with Crippen LogP contribution in [0.3, 0.4) is 0 Å². The summed E-state index contributed by atoms with van der Waals surface area (Å²) in [5, 5.41) is 2.61. The van der Waals surface area contributed by atoms with Crippen molar-refractivity contribution in [3.05, 3.63) is 59.7 Å². The van der Waals surface area contributed by atoms with Crippen LogP contribution in [0.4, 0.5) is 10.1 Å². The summed E-state index contributed by atoms with van der Waals surface area (Å²) < 4.78 is 13.2. The summed E-state index contributed by atoms with van der Waals surface area (Å²) in [5.74, 6) is -1.04. The molecular weight excluding hydrogens is 321 g/mol. The van der Waals surface area contributed by atoms with Crippen LogP contribution in [-0.2, 0) is 0 Å². The lowest BCUT2D eigenvalue weighted by Gasteiger charge is -2.21. The monoisotopic (exact) mass is 343 g/mol. The lowest BCUT2D eigenvalue weighted by atomic mass is 10.2. The summed E-state index contributed by atoms with van der Waals surface area (Å²) in [4.78, 5) is 30.7. The summed E-state index contributed by atoms with van der Waals surface area (Å²) >= 11 is 0. The number of amides is 2. The van der Waals surface area contributed by atoms with Crippen LogP contribution in [-0.4, -0.2) is 34.8 Å².